The Bertz CT molecular complexity index is 521. The van der Waals surface area contributed by atoms with Crippen LogP contribution in [0.15, 0.2) is 47.8 Å². The van der Waals surface area contributed by atoms with Gasteiger partial charge in [0.2, 0.25) is 0 Å². The van der Waals surface area contributed by atoms with Crippen LogP contribution in [0.4, 0.5) is 5.82 Å². The Morgan fingerprint density at radius 1 is 1.10 bits per heavy atom. The lowest BCUT2D eigenvalue weighted by Gasteiger charge is -2.13. The second-order valence-corrected chi connectivity index (χ2v) is 5.22. The van der Waals surface area contributed by atoms with Crippen molar-refractivity contribution in [1.82, 2.24) is 9.97 Å². The van der Waals surface area contributed by atoms with Crippen molar-refractivity contribution >= 4 is 17.6 Å². The largest absolute Gasteiger partial charge is 0.394 e. The third-order valence-corrected chi connectivity index (χ3v) is 3.60. The average molecular weight is 291 g/mol. The molecule has 0 aliphatic carbocycles. The first-order chi connectivity index (χ1) is 9.81. The summed E-state index contributed by atoms with van der Waals surface area (Å²) < 4.78 is 0. The van der Waals surface area contributed by atoms with Crippen molar-refractivity contribution in [2.45, 2.75) is 16.8 Å². The van der Waals surface area contributed by atoms with Gasteiger partial charge in [0.15, 0.2) is 0 Å². The number of benzene rings is 1. The van der Waals surface area contributed by atoms with E-state index in [0.29, 0.717) is 5.82 Å². The Morgan fingerprint density at radius 3 is 2.55 bits per heavy atom. The zero-order valence-corrected chi connectivity index (χ0v) is 11.8. The molecule has 0 atom stereocenters. The molecule has 20 heavy (non-hydrogen) atoms. The minimum Gasteiger partial charge on any atom is -0.394 e. The zero-order valence-electron chi connectivity index (χ0n) is 10.9. The third-order valence-electron chi connectivity index (χ3n) is 2.63. The van der Waals surface area contributed by atoms with Gasteiger partial charge in [0, 0.05) is 5.75 Å². The molecular formula is C14H17N3O2S. The number of nitrogens with zero attached hydrogens (tertiary/aromatic N) is 2. The number of hydrogen-bond acceptors (Lipinski definition) is 6. The summed E-state index contributed by atoms with van der Waals surface area (Å²) in [7, 11) is 0. The highest BCUT2D eigenvalue weighted by atomic mass is 32.2. The second kappa shape index (κ2) is 7.84. The summed E-state index contributed by atoms with van der Waals surface area (Å²) in [5.74, 6) is 1.37. The van der Waals surface area contributed by atoms with E-state index < -0.39 is 6.04 Å². The van der Waals surface area contributed by atoms with Gasteiger partial charge >= 0.3 is 0 Å². The molecule has 0 saturated carbocycles. The molecule has 3 N–H and O–H groups in total. The molecule has 0 aliphatic rings. The number of rotatable bonds is 7. The Kier molecular flexibility index (Phi) is 5.79. The number of aliphatic hydroxyl groups is 2. The molecule has 0 bridgehead atoms. The standard InChI is InChI=1S/C14H17N3O2S/c18-8-12(9-19)16-13-6-15-7-14(17-13)20-10-11-4-2-1-3-5-11/h1-7,12,18-19H,8-10H2,(H,16,17). The number of thioether (sulfide) groups is 1. The summed E-state index contributed by atoms with van der Waals surface area (Å²) in [5.41, 5.74) is 1.22. The van der Waals surface area contributed by atoms with Crippen molar-refractivity contribution in [2.75, 3.05) is 18.5 Å². The van der Waals surface area contributed by atoms with E-state index in [1.807, 2.05) is 18.2 Å². The highest BCUT2D eigenvalue weighted by molar-refractivity contribution is 7.98. The fraction of sp³-hybridized carbons (Fsp3) is 0.286. The van der Waals surface area contributed by atoms with E-state index in [2.05, 4.69) is 27.4 Å². The quantitative estimate of drug-likeness (QED) is 0.672. The molecule has 0 saturated heterocycles. The maximum atomic E-state index is 9.03. The second-order valence-electron chi connectivity index (χ2n) is 4.22. The first kappa shape index (κ1) is 14.8. The fourth-order valence-electron chi connectivity index (χ4n) is 1.58. The zero-order chi connectivity index (χ0) is 14.2. The molecule has 106 valence electrons. The van der Waals surface area contributed by atoms with Gasteiger partial charge in [-0.25, -0.2) is 4.98 Å². The SMILES string of the molecule is OCC(CO)Nc1cncc(SCc2ccccc2)n1. The Hall–Kier alpha value is -1.63. The van der Waals surface area contributed by atoms with Crippen LogP contribution in [0.3, 0.4) is 0 Å². The van der Waals surface area contributed by atoms with Gasteiger partial charge in [0.05, 0.1) is 31.6 Å². The van der Waals surface area contributed by atoms with E-state index in [4.69, 9.17) is 10.2 Å². The van der Waals surface area contributed by atoms with Crippen molar-refractivity contribution in [3.63, 3.8) is 0 Å². The first-order valence-corrected chi connectivity index (χ1v) is 7.27. The lowest BCUT2D eigenvalue weighted by atomic mass is 10.2. The fourth-order valence-corrected chi connectivity index (χ4v) is 2.38. The predicted molar refractivity (Wildman–Crippen MR) is 79.6 cm³/mol. The highest BCUT2D eigenvalue weighted by Crippen LogP contribution is 2.21. The summed E-state index contributed by atoms with van der Waals surface area (Å²) >= 11 is 1.59. The van der Waals surface area contributed by atoms with Gasteiger partial charge < -0.3 is 15.5 Å². The molecular weight excluding hydrogens is 274 g/mol. The van der Waals surface area contributed by atoms with Crippen molar-refractivity contribution < 1.29 is 10.2 Å². The maximum absolute atomic E-state index is 9.03. The van der Waals surface area contributed by atoms with E-state index in [0.717, 1.165) is 10.8 Å². The van der Waals surface area contributed by atoms with E-state index in [1.54, 1.807) is 24.2 Å². The third kappa shape index (κ3) is 4.48. The van der Waals surface area contributed by atoms with Gasteiger partial charge in [-0.1, -0.05) is 30.3 Å². The van der Waals surface area contributed by atoms with Gasteiger partial charge in [-0.3, -0.25) is 4.98 Å². The number of aliphatic hydroxyl groups excluding tert-OH is 2. The molecule has 0 spiro atoms. The molecule has 2 rings (SSSR count). The van der Waals surface area contributed by atoms with E-state index in [1.165, 1.54) is 5.56 Å². The molecule has 1 aromatic heterocycles. The molecule has 6 heteroatoms. The normalized spacial score (nSPS) is 10.8. The smallest absolute Gasteiger partial charge is 0.146 e. The van der Waals surface area contributed by atoms with Gasteiger partial charge in [-0.05, 0) is 5.56 Å². The number of anilines is 1. The minimum atomic E-state index is -0.418. The monoisotopic (exact) mass is 291 g/mol. The van der Waals surface area contributed by atoms with Crippen molar-refractivity contribution in [1.29, 1.82) is 0 Å². The Labute approximate surface area is 122 Å². The molecule has 2 aromatic rings. The van der Waals surface area contributed by atoms with Gasteiger partial charge in [-0.2, -0.15) is 0 Å². The minimum absolute atomic E-state index is 0.153. The van der Waals surface area contributed by atoms with Crippen LogP contribution >= 0.6 is 11.8 Å². The molecule has 0 unspecified atom stereocenters. The molecule has 1 heterocycles. The van der Waals surface area contributed by atoms with Gasteiger partial charge in [0.1, 0.15) is 10.8 Å². The maximum Gasteiger partial charge on any atom is 0.146 e. The van der Waals surface area contributed by atoms with Gasteiger partial charge in [0.25, 0.3) is 0 Å². The van der Waals surface area contributed by atoms with Crippen LogP contribution in [-0.4, -0.2) is 39.4 Å². The predicted octanol–water partition coefficient (Wildman–Crippen LogP) is 1.53. The summed E-state index contributed by atoms with van der Waals surface area (Å²) in [4.78, 5) is 8.50. The van der Waals surface area contributed by atoms with Gasteiger partial charge in [-0.15, -0.1) is 11.8 Å². The van der Waals surface area contributed by atoms with Crippen molar-refractivity contribution in [3.8, 4) is 0 Å². The molecule has 0 radical (unpaired) electrons. The summed E-state index contributed by atoms with van der Waals surface area (Å²) in [5, 5.41) is 21.8. The van der Waals surface area contributed by atoms with Crippen LogP contribution in [0.5, 0.6) is 0 Å². The topological polar surface area (TPSA) is 78.3 Å². The lowest BCUT2D eigenvalue weighted by Crippen LogP contribution is -2.28. The Morgan fingerprint density at radius 2 is 1.85 bits per heavy atom. The molecule has 1 aromatic carbocycles. The van der Waals surface area contributed by atoms with Crippen LogP contribution in [0.2, 0.25) is 0 Å². The summed E-state index contributed by atoms with van der Waals surface area (Å²) in [6.45, 7) is -0.306. The number of nitrogens with one attached hydrogen (secondary N) is 1. The molecule has 5 nitrogen and oxygen atoms in total. The summed E-state index contributed by atoms with van der Waals surface area (Å²) in [6, 6.07) is 9.71. The number of hydrogen-bond donors (Lipinski definition) is 3. The lowest BCUT2D eigenvalue weighted by molar-refractivity contribution is 0.203. The van der Waals surface area contributed by atoms with Crippen LogP contribution in [-0.2, 0) is 5.75 Å². The van der Waals surface area contributed by atoms with E-state index >= 15 is 0 Å². The average Bonchev–Trinajstić information content (AvgIpc) is 2.52. The van der Waals surface area contributed by atoms with Crippen LogP contribution in [0.25, 0.3) is 0 Å². The Balaban J connectivity index is 1.95. The van der Waals surface area contributed by atoms with E-state index in [-0.39, 0.29) is 13.2 Å². The van der Waals surface area contributed by atoms with Crippen molar-refractivity contribution in [2.24, 2.45) is 0 Å². The van der Waals surface area contributed by atoms with Crippen LogP contribution in [0.1, 0.15) is 5.56 Å². The van der Waals surface area contributed by atoms with Crippen LogP contribution < -0.4 is 5.32 Å². The first-order valence-electron chi connectivity index (χ1n) is 6.29. The number of aromatic nitrogens is 2. The molecule has 0 fully saturated rings. The van der Waals surface area contributed by atoms with Crippen LogP contribution in [0, 0.1) is 0 Å². The van der Waals surface area contributed by atoms with E-state index in [9.17, 15) is 0 Å². The summed E-state index contributed by atoms with van der Waals surface area (Å²) in [6.07, 6.45) is 3.27. The van der Waals surface area contributed by atoms with Crippen molar-refractivity contribution in [3.05, 3.63) is 48.3 Å². The molecule has 0 amide bonds. The molecule has 0 aliphatic heterocycles. The highest BCUT2D eigenvalue weighted by Gasteiger charge is 2.07.